The van der Waals surface area contributed by atoms with Crippen LogP contribution >= 0.6 is 0 Å². The van der Waals surface area contributed by atoms with E-state index < -0.39 is 22.8 Å². The van der Waals surface area contributed by atoms with Gasteiger partial charge in [0.2, 0.25) is 5.91 Å². The molecule has 1 fully saturated rings. The fraction of sp³-hybridized carbons (Fsp3) is 0.545. The van der Waals surface area contributed by atoms with Gasteiger partial charge in [-0.3, -0.25) is 9.78 Å². The molecule has 2 heterocycles. The number of carbonyl (C=O) groups is 1. The Morgan fingerprint density at radius 1 is 1.33 bits per heavy atom. The van der Waals surface area contributed by atoms with Gasteiger partial charge in [-0.25, -0.2) is 0 Å². The molecular weight excluding hydrogens is 393 g/mol. The fourth-order valence-corrected chi connectivity index (χ4v) is 4.44. The summed E-state index contributed by atoms with van der Waals surface area (Å²) in [6, 6.07) is 5.87. The van der Waals surface area contributed by atoms with E-state index in [2.05, 4.69) is 17.2 Å². The van der Waals surface area contributed by atoms with E-state index in [1.807, 2.05) is 0 Å². The standard InChI is InChI=1S/C22H29F3N4O/c1-14-10-21(13-27-12-14,29(4)18(30)11-20(2,3)26)16-7-8-17(22(23,24)25)19-15(16)6-5-9-28-19/h5-9,14,27H,10-13,26H2,1-4H3/t14-,21-/m0/s1. The van der Waals surface area contributed by atoms with Crippen LogP contribution in [0.25, 0.3) is 10.9 Å². The van der Waals surface area contributed by atoms with Gasteiger partial charge in [-0.1, -0.05) is 19.1 Å². The number of likely N-dealkylation sites (N-methyl/N-ethyl adjacent to an activating group) is 1. The first-order valence-corrected chi connectivity index (χ1v) is 10.1. The van der Waals surface area contributed by atoms with Crippen molar-refractivity contribution in [3.8, 4) is 0 Å². The van der Waals surface area contributed by atoms with Crippen molar-refractivity contribution in [2.45, 2.75) is 50.9 Å². The molecule has 2 atom stereocenters. The van der Waals surface area contributed by atoms with Crippen LogP contribution in [-0.4, -0.2) is 41.5 Å². The zero-order chi connectivity index (χ0) is 22.3. The molecule has 1 amide bonds. The molecule has 1 aliphatic heterocycles. The summed E-state index contributed by atoms with van der Waals surface area (Å²) in [7, 11) is 1.72. The number of pyridine rings is 1. The molecule has 0 spiro atoms. The Balaban J connectivity index is 2.21. The molecular formula is C22H29F3N4O. The van der Waals surface area contributed by atoms with Crippen LogP contribution < -0.4 is 11.1 Å². The lowest BCUT2D eigenvalue weighted by Crippen LogP contribution is -2.58. The molecule has 0 saturated carbocycles. The minimum Gasteiger partial charge on any atom is -0.335 e. The van der Waals surface area contributed by atoms with Gasteiger partial charge in [0.1, 0.15) is 0 Å². The highest BCUT2D eigenvalue weighted by molar-refractivity contribution is 5.88. The van der Waals surface area contributed by atoms with Crippen LogP contribution in [0.4, 0.5) is 13.2 Å². The van der Waals surface area contributed by atoms with E-state index >= 15 is 0 Å². The second kappa shape index (κ2) is 7.81. The lowest BCUT2D eigenvalue weighted by Gasteiger charge is -2.48. The third-order valence-corrected chi connectivity index (χ3v) is 5.80. The highest BCUT2D eigenvalue weighted by Crippen LogP contribution is 2.43. The number of hydrogen-bond acceptors (Lipinski definition) is 4. The topological polar surface area (TPSA) is 71.2 Å². The van der Waals surface area contributed by atoms with Gasteiger partial charge < -0.3 is 16.0 Å². The Morgan fingerprint density at radius 2 is 2.03 bits per heavy atom. The normalized spacial score (nSPS) is 22.9. The van der Waals surface area contributed by atoms with E-state index in [0.717, 1.165) is 12.6 Å². The summed E-state index contributed by atoms with van der Waals surface area (Å²) in [4.78, 5) is 18.8. The molecule has 2 aromatic rings. The Hall–Kier alpha value is -2.19. The van der Waals surface area contributed by atoms with Crippen LogP contribution in [0.3, 0.4) is 0 Å². The summed E-state index contributed by atoms with van der Waals surface area (Å²) in [5, 5.41) is 3.78. The van der Waals surface area contributed by atoms with Crippen molar-refractivity contribution in [3.05, 3.63) is 41.6 Å². The van der Waals surface area contributed by atoms with Crippen molar-refractivity contribution >= 4 is 16.8 Å². The highest BCUT2D eigenvalue weighted by Gasteiger charge is 2.45. The minimum atomic E-state index is -4.51. The summed E-state index contributed by atoms with van der Waals surface area (Å²) in [5.41, 5.74) is 4.38. The van der Waals surface area contributed by atoms with Gasteiger partial charge in [-0.2, -0.15) is 13.2 Å². The van der Waals surface area contributed by atoms with Crippen LogP contribution in [0.2, 0.25) is 0 Å². The number of rotatable bonds is 4. The zero-order valence-corrected chi connectivity index (χ0v) is 17.8. The molecule has 3 N–H and O–H groups in total. The number of nitrogens with zero attached hydrogens (tertiary/aromatic N) is 2. The van der Waals surface area contributed by atoms with Crippen LogP contribution in [-0.2, 0) is 16.5 Å². The fourth-order valence-electron chi connectivity index (χ4n) is 4.44. The van der Waals surface area contributed by atoms with Crippen LogP contribution in [0.5, 0.6) is 0 Å². The van der Waals surface area contributed by atoms with E-state index in [4.69, 9.17) is 5.73 Å². The van der Waals surface area contributed by atoms with Crippen molar-refractivity contribution in [1.29, 1.82) is 0 Å². The molecule has 1 aromatic heterocycles. The molecule has 1 saturated heterocycles. The average molecular weight is 422 g/mol. The van der Waals surface area contributed by atoms with Crippen molar-refractivity contribution < 1.29 is 18.0 Å². The average Bonchev–Trinajstić information content (AvgIpc) is 2.64. The molecule has 0 bridgehead atoms. The first-order chi connectivity index (χ1) is 13.8. The second-order valence-electron chi connectivity index (χ2n) is 9.15. The van der Waals surface area contributed by atoms with Crippen molar-refractivity contribution in [1.82, 2.24) is 15.2 Å². The number of nitrogens with one attached hydrogen (secondary N) is 1. The Kier molecular flexibility index (Phi) is 5.86. The molecule has 1 aromatic carbocycles. The number of carbonyl (C=O) groups excluding carboxylic acids is 1. The summed E-state index contributed by atoms with van der Waals surface area (Å²) in [6.45, 7) is 6.86. The van der Waals surface area contributed by atoms with Gasteiger partial charge in [-0.15, -0.1) is 0 Å². The highest BCUT2D eigenvalue weighted by atomic mass is 19.4. The molecule has 0 radical (unpaired) electrons. The van der Waals surface area contributed by atoms with E-state index in [9.17, 15) is 18.0 Å². The molecule has 8 heteroatoms. The van der Waals surface area contributed by atoms with Crippen molar-refractivity contribution in [2.24, 2.45) is 11.7 Å². The summed E-state index contributed by atoms with van der Waals surface area (Å²) in [6.07, 6.45) is -2.39. The number of nitrogens with two attached hydrogens (primary N) is 1. The molecule has 164 valence electrons. The number of aromatic nitrogens is 1. The van der Waals surface area contributed by atoms with Gasteiger partial charge in [0, 0.05) is 37.1 Å². The smallest absolute Gasteiger partial charge is 0.335 e. The first kappa shape index (κ1) is 22.5. The predicted octanol–water partition coefficient (Wildman–Crippen LogP) is 3.66. The quantitative estimate of drug-likeness (QED) is 0.789. The van der Waals surface area contributed by atoms with Gasteiger partial charge in [0.05, 0.1) is 16.6 Å². The molecule has 3 rings (SSSR count). The van der Waals surface area contributed by atoms with Gasteiger partial charge in [0.25, 0.3) is 0 Å². The molecule has 5 nitrogen and oxygen atoms in total. The maximum Gasteiger partial charge on any atom is 0.418 e. The Labute approximate surface area is 174 Å². The SMILES string of the molecule is C[C@@H]1CNC[C@@](c2ccc(C(F)(F)F)c3ncccc23)(N(C)C(=O)CC(C)(C)N)C1. The monoisotopic (exact) mass is 422 g/mol. The van der Waals surface area contributed by atoms with E-state index in [1.54, 1.807) is 37.9 Å². The predicted molar refractivity (Wildman–Crippen MR) is 111 cm³/mol. The maximum atomic E-state index is 13.6. The third-order valence-electron chi connectivity index (χ3n) is 5.80. The number of alkyl halides is 3. The largest absolute Gasteiger partial charge is 0.418 e. The maximum absolute atomic E-state index is 13.6. The van der Waals surface area contributed by atoms with Crippen LogP contribution in [0, 0.1) is 5.92 Å². The van der Waals surface area contributed by atoms with Crippen molar-refractivity contribution in [3.63, 3.8) is 0 Å². The minimum absolute atomic E-state index is 0.0971. The molecule has 30 heavy (non-hydrogen) atoms. The summed E-state index contributed by atoms with van der Waals surface area (Å²) in [5.74, 6) is 0.0873. The van der Waals surface area contributed by atoms with Crippen LogP contribution in [0.15, 0.2) is 30.5 Å². The van der Waals surface area contributed by atoms with E-state index in [1.165, 1.54) is 12.3 Å². The summed E-state index contributed by atoms with van der Waals surface area (Å²) >= 11 is 0. The Morgan fingerprint density at radius 3 is 2.63 bits per heavy atom. The van der Waals surface area contributed by atoms with Gasteiger partial charge in [-0.05, 0) is 50.4 Å². The molecule has 0 aliphatic carbocycles. The number of halogens is 3. The number of benzene rings is 1. The lowest BCUT2D eigenvalue weighted by molar-refractivity contribution is -0.139. The zero-order valence-electron chi connectivity index (χ0n) is 17.8. The molecule has 1 aliphatic rings. The summed E-state index contributed by atoms with van der Waals surface area (Å²) < 4.78 is 40.8. The number of piperidine rings is 1. The van der Waals surface area contributed by atoms with Gasteiger partial charge in [0.15, 0.2) is 0 Å². The van der Waals surface area contributed by atoms with Crippen LogP contribution in [0.1, 0.15) is 44.7 Å². The number of hydrogen-bond donors (Lipinski definition) is 2. The first-order valence-electron chi connectivity index (χ1n) is 10.1. The van der Waals surface area contributed by atoms with Gasteiger partial charge >= 0.3 is 6.18 Å². The molecule has 0 unspecified atom stereocenters. The third kappa shape index (κ3) is 4.30. The van der Waals surface area contributed by atoms with E-state index in [0.29, 0.717) is 23.9 Å². The Bertz CT molecular complexity index is 938. The number of fused-ring (bicyclic) bond motifs is 1. The number of amides is 1. The second-order valence-corrected chi connectivity index (χ2v) is 9.15. The van der Waals surface area contributed by atoms with E-state index in [-0.39, 0.29) is 23.8 Å². The lowest BCUT2D eigenvalue weighted by atomic mass is 9.75. The van der Waals surface area contributed by atoms with Crippen molar-refractivity contribution in [2.75, 3.05) is 20.1 Å².